The van der Waals surface area contributed by atoms with Gasteiger partial charge in [-0.1, -0.05) is 6.58 Å². The zero-order valence-corrected chi connectivity index (χ0v) is 9.87. The minimum Gasteiger partial charge on any atom is -0.351 e. The van der Waals surface area contributed by atoms with Crippen LogP contribution in [0.3, 0.4) is 0 Å². The molecule has 7 nitrogen and oxygen atoms in total. The van der Waals surface area contributed by atoms with E-state index >= 15 is 0 Å². The van der Waals surface area contributed by atoms with Gasteiger partial charge in [-0.25, -0.2) is 0 Å². The minimum atomic E-state index is -3.95. The lowest BCUT2D eigenvalue weighted by molar-refractivity contribution is -0.116. The number of nitrogens with one attached hydrogen (secondary N) is 3. The van der Waals surface area contributed by atoms with E-state index in [-0.39, 0.29) is 12.2 Å². The van der Waals surface area contributed by atoms with Crippen molar-refractivity contribution < 1.29 is 19.1 Å². The van der Waals surface area contributed by atoms with Gasteiger partial charge in [-0.2, -0.15) is 0 Å². The lowest BCUT2D eigenvalue weighted by Crippen LogP contribution is -2.34. The number of hydrogen-bond donors (Lipinski definition) is 5. The molecule has 0 aliphatic rings. The third kappa shape index (κ3) is 11.4. The van der Waals surface area contributed by atoms with Gasteiger partial charge in [0.1, 0.15) is 0 Å². The molecule has 0 aromatic rings. The first-order chi connectivity index (χ1) is 7.45. The van der Waals surface area contributed by atoms with Gasteiger partial charge in [0.15, 0.2) is 0 Å². The Morgan fingerprint density at radius 2 is 1.75 bits per heavy atom. The molecule has 0 heterocycles. The molecule has 16 heavy (non-hydrogen) atoms. The number of amides is 1. The Hall–Kier alpha value is -0.720. The number of carbonyl (C=O) groups excluding carboxylic acids is 1. The summed E-state index contributed by atoms with van der Waals surface area (Å²) in [5, 5.41) is 8.18. The third-order valence-corrected chi connectivity index (χ3v) is 2.22. The predicted octanol–water partition coefficient (Wildman–Crippen LogP) is -1.40. The molecule has 0 spiro atoms. The maximum Gasteiger partial charge on any atom is 0.339 e. The summed E-state index contributed by atoms with van der Waals surface area (Å²) in [7, 11) is -3.95. The maximum atomic E-state index is 10.7. The molecular formula is C8H18N3O4P. The van der Waals surface area contributed by atoms with Crippen LogP contribution in [-0.2, 0) is 9.36 Å². The highest BCUT2D eigenvalue weighted by Gasteiger charge is 2.10. The highest BCUT2D eigenvalue weighted by atomic mass is 31.2. The molecule has 0 aliphatic heterocycles. The molecule has 0 bridgehead atoms. The molecule has 0 aromatic heterocycles. The van der Waals surface area contributed by atoms with E-state index in [1.54, 1.807) is 0 Å². The molecule has 0 rings (SSSR count). The van der Waals surface area contributed by atoms with Crippen molar-refractivity contribution in [3.63, 3.8) is 0 Å². The average Bonchev–Trinajstić information content (AvgIpc) is 2.20. The van der Waals surface area contributed by atoms with E-state index in [1.165, 1.54) is 6.08 Å². The molecule has 1 amide bonds. The summed E-state index contributed by atoms with van der Waals surface area (Å²) in [4.78, 5) is 27.7. The highest BCUT2D eigenvalue weighted by Crippen LogP contribution is 2.31. The zero-order valence-electron chi connectivity index (χ0n) is 8.98. The molecule has 0 aromatic carbocycles. The van der Waals surface area contributed by atoms with Crippen LogP contribution in [0, 0.1) is 0 Å². The van der Waals surface area contributed by atoms with Gasteiger partial charge in [0.25, 0.3) is 0 Å². The molecule has 5 N–H and O–H groups in total. The largest absolute Gasteiger partial charge is 0.351 e. The van der Waals surface area contributed by atoms with Crippen LogP contribution < -0.4 is 16.0 Å². The molecule has 0 saturated heterocycles. The lowest BCUT2D eigenvalue weighted by atomic mass is 10.5. The quantitative estimate of drug-likeness (QED) is 0.196. The number of carbonyl (C=O) groups is 1. The average molecular weight is 251 g/mol. The standard InChI is InChI=1S/C8H18N3O4P/c1-2-8(12)11-6-5-9-3-4-10-7-16(13,14)15/h2,9-10H,1,3-7H2,(H,11,12)(H2,13,14,15). The SMILES string of the molecule is C=CC(=O)NCCNCCNCP(=O)(O)O. The van der Waals surface area contributed by atoms with E-state index < -0.39 is 7.60 Å². The van der Waals surface area contributed by atoms with Crippen molar-refractivity contribution in [3.05, 3.63) is 12.7 Å². The van der Waals surface area contributed by atoms with E-state index in [2.05, 4.69) is 22.5 Å². The highest BCUT2D eigenvalue weighted by molar-refractivity contribution is 7.51. The van der Waals surface area contributed by atoms with Gasteiger partial charge < -0.3 is 25.7 Å². The second-order valence-electron chi connectivity index (χ2n) is 3.07. The minimum absolute atomic E-state index is 0.221. The first-order valence-corrected chi connectivity index (χ1v) is 6.62. The molecule has 0 saturated carbocycles. The van der Waals surface area contributed by atoms with Crippen LogP contribution in [0.15, 0.2) is 12.7 Å². The Morgan fingerprint density at radius 1 is 1.19 bits per heavy atom. The summed E-state index contributed by atoms with van der Waals surface area (Å²) < 4.78 is 10.4. The van der Waals surface area contributed by atoms with E-state index in [0.717, 1.165) is 0 Å². The number of rotatable bonds is 9. The molecule has 0 atom stereocenters. The van der Waals surface area contributed by atoms with Gasteiger partial charge in [0.05, 0.1) is 6.29 Å². The van der Waals surface area contributed by atoms with Gasteiger partial charge in [-0.3, -0.25) is 9.36 Å². The Balaban J connectivity index is 3.19. The Bertz CT molecular complexity index is 266. The van der Waals surface area contributed by atoms with Crippen LogP contribution >= 0.6 is 7.60 Å². The molecule has 0 aliphatic carbocycles. The third-order valence-electron chi connectivity index (χ3n) is 1.58. The first kappa shape index (κ1) is 15.3. The van der Waals surface area contributed by atoms with Crippen molar-refractivity contribution >= 4 is 13.5 Å². The number of hydrogen-bond acceptors (Lipinski definition) is 4. The topological polar surface area (TPSA) is 111 Å². The first-order valence-electron chi connectivity index (χ1n) is 4.82. The molecular weight excluding hydrogens is 233 g/mol. The van der Waals surface area contributed by atoms with Crippen molar-refractivity contribution in [2.45, 2.75) is 0 Å². The van der Waals surface area contributed by atoms with E-state index in [0.29, 0.717) is 26.2 Å². The summed E-state index contributed by atoms with van der Waals surface area (Å²) in [6.07, 6.45) is 0.878. The van der Waals surface area contributed by atoms with Gasteiger partial charge in [0.2, 0.25) is 5.91 Å². The Kier molecular flexibility index (Phi) is 8.05. The van der Waals surface area contributed by atoms with E-state index in [1.807, 2.05) is 0 Å². The zero-order chi connectivity index (χ0) is 12.4. The fourth-order valence-electron chi connectivity index (χ4n) is 0.873. The van der Waals surface area contributed by atoms with Gasteiger partial charge in [-0.15, -0.1) is 0 Å². The second kappa shape index (κ2) is 8.43. The van der Waals surface area contributed by atoms with Crippen LogP contribution in [0.1, 0.15) is 0 Å². The van der Waals surface area contributed by atoms with Crippen molar-refractivity contribution in [3.8, 4) is 0 Å². The predicted molar refractivity (Wildman–Crippen MR) is 61.0 cm³/mol. The lowest BCUT2D eigenvalue weighted by Gasteiger charge is -2.07. The van der Waals surface area contributed by atoms with Gasteiger partial charge >= 0.3 is 7.60 Å². The summed E-state index contributed by atoms with van der Waals surface area (Å²) in [6.45, 7) is 5.42. The fourth-order valence-corrected chi connectivity index (χ4v) is 1.32. The van der Waals surface area contributed by atoms with Crippen molar-refractivity contribution in [1.82, 2.24) is 16.0 Å². The van der Waals surface area contributed by atoms with Crippen molar-refractivity contribution in [2.75, 3.05) is 32.5 Å². The smallest absolute Gasteiger partial charge is 0.339 e. The van der Waals surface area contributed by atoms with Crippen LogP contribution in [0.25, 0.3) is 0 Å². The van der Waals surface area contributed by atoms with Crippen LogP contribution in [0.5, 0.6) is 0 Å². The maximum absolute atomic E-state index is 10.7. The van der Waals surface area contributed by atoms with E-state index in [4.69, 9.17) is 9.79 Å². The monoisotopic (exact) mass is 251 g/mol. The van der Waals surface area contributed by atoms with Crippen LogP contribution in [0.4, 0.5) is 0 Å². The molecule has 0 radical (unpaired) electrons. The molecule has 0 fully saturated rings. The van der Waals surface area contributed by atoms with Crippen LogP contribution in [-0.4, -0.2) is 48.2 Å². The Labute approximate surface area is 94.5 Å². The Morgan fingerprint density at radius 3 is 2.31 bits per heavy atom. The van der Waals surface area contributed by atoms with Gasteiger partial charge in [-0.05, 0) is 6.08 Å². The summed E-state index contributed by atoms with van der Waals surface area (Å²) >= 11 is 0. The summed E-state index contributed by atoms with van der Waals surface area (Å²) in [5.41, 5.74) is 0. The summed E-state index contributed by atoms with van der Waals surface area (Å²) in [6, 6.07) is 0. The van der Waals surface area contributed by atoms with Crippen LogP contribution in [0.2, 0.25) is 0 Å². The van der Waals surface area contributed by atoms with E-state index in [9.17, 15) is 9.36 Å². The normalized spacial score (nSPS) is 11.1. The second-order valence-corrected chi connectivity index (χ2v) is 4.71. The molecule has 0 unspecified atom stereocenters. The summed E-state index contributed by atoms with van der Waals surface area (Å²) in [5.74, 6) is -0.221. The molecule has 94 valence electrons. The van der Waals surface area contributed by atoms with Crippen molar-refractivity contribution in [2.24, 2.45) is 0 Å². The van der Waals surface area contributed by atoms with Crippen molar-refractivity contribution in [1.29, 1.82) is 0 Å². The van der Waals surface area contributed by atoms with Gasteiger partial charge in [0, 0.05) is 26.2 Å². The molecule has 8 heteroatoms. The fraction of sp³-hybridized carbons (Fsp3) is 0.625.